The van der Waals surface area contributed by atoms with E-state index < -0.39 is 0 Å². The van der Waals surface area contributed by atoms with Gasteiger partial charge in [-0.15, -0.1) is 6.58 Å². The lowest BCUT2D eigenvalue weighted by Crippen LogP contribution is -2.04. The second kappa shape index (κ2) is 2.75. The number of rotatable bonds is 3. The zero-order chi connectivity index (χ0) is 7.72. The van der Waals surface area contributed by atoms with E-state index in [4.69, 9.17) is 0 Å². The van der Waals surface area contributed by atoms with Crippen LogP contribution in [0.2, 0.25) is 0 Å². The fraction of sp³-hybridized carbons (Fsp3) is 0.778. The van der Waals surface area contributed by atoms with Gasteiger partial charge in [-0.05, 0) is 24.7 Å². The fourth-order valence-electron chi connectivity index (χ4n) is 1.98. The van der Waals surface area contributed by atoms with E-state index in [2.05, 4.69) is 13.5 Å². The highest BCUT2D eigenvalue weighted by atomic mass is 16.3. The van der Waals surface area contributed by atoms with Gasteiger partial charge in [0.15, 0.2) is 0 Å². The van der Waals surface area contributed by atoms with E-state index in [9.17, 15) is 5.11 Å². The van der Waals surface area contributed by atoms with E-state index in [0.29, 0.717) is 17.8 Å². The molecule has 1 saturated carbocycles. The van der Waals surface area contributed by atoms with Crippen LogP contribution in [0.4, 0.5) is 0 Å². The number of hydrogen-bond acceptors (Lipinski definition) is 1. The van der Waals surface area contributed by atoms with E-state index in [-0.39, 0.29) is 6.10 Å². The van der Waals surface area contributed by atoms with Crippen molar-refractivity contribution in [3.8, 4) is 0 Å². The first-order chi connectivity index (χ1) is 4.72. The molecule has 0 aromatic rings. The Morgan fingerprint density at radius 2 is 2.30 bits per heavy atom. The first kappa shape index (κ1) is 7.80. The normalized spacial score (nSPS) is 40.9. The Labute approximate surface area is 62.8 Å². The standard InChI is InChI=1S/C9H16O/c1-4-7-8(5-2)9(7)6(3)10/h4,6-10H,1,5H2,2-3H3/t6-,7-,8+,9+/m1/s1. The van der Waals surface area contributed by atoms with Crippen LogP contribution in [0, 0.1) is 17.8 Å². The summed E-state index contributed by atoms with van der Waals surface area (Å²) in [7, 11) is 0. The van der Waals surface area contributed by atoms with E-state index in [1.807, 2.05) is 13.0 Å². The Morgan fingerprint density at radius 3 is 2.40 bits per heavy atom. The van der Waals surface area contributed by atoms with Crippen LogP contribution in [-0.4, -0.2) is 11.2 Å². The highest BCUT2D eigenvalue weighted by Crippen LogP contribution is 2.51. The highest BCUT2D eigenvalue weighted by Gasteiger charge is 2.48. The van der Waals surface area contributed by atoms with Crippen molar-refractivity contribution >= 4 is 0 Å². The molecule has 4 atom stereocenters. The summed E-state index contributed by atoms with van der Waals surface area (Å²) in [5.41, 5.74) is 0. The molecule has 1 heteroatoms. The Kier molecular flexibility index (Phi) is 2.14. The van der Waals surface area contributed by atoms with Gasteiger partial charge in [0.1, 0.15) is 0 Å². The van der Waals surface area contributed by atoms with E-state index in [1.165, 1.54) is 6.42 Å². The second-order valence-corrected chi connectivity index (χ2v) is 3.20. The van der Waals surface area contributed by atoms with Crippen LogP contribution in [0.5, 0.6) is 0 Å². The smallest absolute Gasteiger partial charge is 0.0548 e. The molecule has 0 aliphatic heterocycles. The molecule has 0 unspecified atom stereocenters. The Morgan fingerprint density at radius 1 is 1.70 bits per heavy atom. The maximum absolute atomic E-state index is 9.25. The third kappa shape index (κ3) is 1.10. The van der Waals surface area contributed by atoms with Crippen LogP contribution in [0.3, 0.4) is 0 Å². The molecular formula is C9H16O. The van der Waals surface area contributed by atoms with E-state index in [1.54, 1.807) is 0 Å². The van der Waals surface area contributed by atoms with Crippen molar-refractivity contribution in [1.82, 2.24) is 0 Å². The molecule has 58 valence electrons. The van der Waals surface area contributed by atoms with Crippen molar-refractivity contribution < 1.29 is 5.11 Å². The third-order valence-corrected chi connectivity index (χ3v) is 2.59. The average Bonchev–Trinajstić information content (AvgIpc) is 2.60. The van der Waals surface area contributed by atoms with Crippen molar-refractivity contribution in [2.45, 2.75) is 26.4 Å². The maximum Gasteiger partial charge on any atom is 0.0548 e. The fourth-order valence-corrected chi connectivity index (χ4v) is 1.98. The molecule has 10 heavy (non-hydrogen) atoms. The minimum Gasteiger partial charge on any atom is -0.393 e. The Hall–Kier alpha value is -0.300. The zero-order valence-electron chi connectivity index (χ0n) is 6.75. The van der Waals surface area contributed by atoms with E-state index in [0.717, 1.165) is 0 Å². The molecule has 0 spiro atoms. The monoisotopic (exact) mass is 140 g/mol. The number of aliphatic hydroxyl groups is 1. The third-order valence-electron chi connectivity index (χ3n) is 2.59. The van der Waals surface area contributed by atoms with Crippen molar-refractivity contribution in [1.29, 1.82) is 0 Å². The summed E-state index contributed by atoms with van der Waals surface area (Å²) in [5, 5.41) is 9.25. The predicted octanol–water partition coefficient (Wildman–Crippen LogP) is 1.83. The number of allylic oxidation sites excluding steroid dienone is 1. The van der Waals surface area contributed by atoms with Crippen LogP contribution < -0.4 is 0 Å². The molecule has 1 fully saturated rings. The molecule has 0 heterocycles. The first-order valence-electron chi connectivity index (χ1n) is 4.03. The van der Waals surface area contributed by atoms with Crippen molar-refractivity contribution in [3.05, 3.63) is 12.7 Å². The second-order valence-electron chi connectivity index (χ2n) is 3.20. The van der Waals surface area contributed by atoms with Crippen molar-refractivity contribution in [3.63, 3.8) is 0 Å². The van der Waals surface area contributed by atoms with Gasteiger partial charge in [0.05, 0.1) is 6.10 Å². The topological polar surface area (TPSA) is 20.2 Å². The lowest BCUT2D eigenvalue weighted by Gasteiger charge is -1.99. The van der Waals surface area contributed by atoms with Crippen LogP contribution in [0.25, 0.3) is 0 Å². The Balaban J connectivity index is 2.43. The number of hydrogen-bond donors (Lipinski definition) is 1. The molecule has 0 aromatic carbocycles. The van der Waals surface area contributed by atoms with Crippen LogP contribution in [0.1, 0.15) is 20.3 Å². The molecule has 1 aliphatic rings. The van der Waals surface area contributed by atoms with Gasteiger partial charge in [-0.3, -0.25) is 0 Å². The molecule has 1 nitrogen and oxygen atoms in total. The van der Waals surface area contributed by atoms with Crippen LogP contribution in [-0.2, 0) is 0 Å². The van der Waals surface area contributed by atoms with E-state index >= 15 is 0 Å². The minimum atomic E-state index is -0.145. The van der Waals surface area contributed by atoms with Gasteiger partial charge in [-0.25, -0.2) is 0 Å². The van der Waals surface area contributed by atoms with Gasteiger partial charge < -0.3 is 5.11 Å². The summed E-state index contributed by atoms with van der Waals surface area (Å²) in [6.07, 6.45) is 3.01. The van der Waals surface area contributed by atoms with Gasteiger partial charge in [0.2, 0.25) is 0 Å². The quantitative estimate of drug-likeness (QED) is 0.593. The van der Waals surface area contributed by atoms with Crippen molar-refractivity contribution in [2.75, 3.05) is 0 Å². The zero-order valence-corrected chi connectivity index (χ0v) is 6.75. The summed E-state index contributed by atoms with van der Waals surface area (Å²) in [6.45, 7) is 7.78. The average molecular weight is 140 g/mol. The molecule has 1 N–H and O–H groups in total. The highest BCUT2D eigenvalue weighted by molar-refractivity contribution is 5.07. The molecule has 0 radical (unpaired) electrons. The van der Waals surface area contributed by atoms with Crippen molar-refractivity contribution in [2.24, 2.45) is 17.8 Å². The summed E-state index contributed by atoms with van der Waals surface area (Å²) < 4.78 is 0. The minimum absolute atomic E-state index is 0.145. The largest absolute Gasteiger partial charge is 0.393 e. The summed E-state index contributed by atoms with van der Waals surface area (Å²) in [4.78, 5) is 0. The molecule has 1 aliphatic carbocycles. The molecule has 0 aromatic heterocycles. The lowest BCUT2D eigenvalue weighted by atomic mass is 10.2. The lowest BCUT2D eigenvalue weighted by molar-refractivity contribution is 0.161. The molecule has 0 bridgehead atoms. The van der Waals surface area contributed by atoms with Gasteiger partial charge in [0, 0.05) is 0 Å². The van der Waals surface area contributed by atoms with Gasteiger partial charge in [0.25, 0.3) is 0 Å². The van der Waals surface area contributed by atoms with Crippen LogP contribution in [0.15, 0.2) is 12.7 Å². The molecule has 0 saturated heterocycles. The summed E-state index contributed by atoms with van der Waals surface area (Å²) in [6, 6.07) is 0. The SMILES string of the molecule is C=C[C@@H]1[C@H](CC)[C@H]1[C@@H](C)O. The Bertz CT molecular complexity index is 129. The molecule has 0 amide bonds. The molecule has 1 rings (SSSR count). The molecular weight excluding hydrogens is 124 g/mol. The van der Waals surface area contributed by atoms with Crippen LogP contribution >= 0.6 is 0 Å². The first-order valence-corrected chi connectivity index (χ1v) is 4.03. The summed E-state index contributed by atoms with van der Waals surface area (Å²) in [5.74, 6) is 1.80. The van der Waals surface area contributed by atoms with Gasteiger partial charge in [-0.2, -0.15) is 0 Å². The number of aliphatic hydroxyl groups excluding tert-OH is 1. The predicted molar refractivity (Wildman–Crippen MR) is 42.6 cm³/mol. The van der Waals surface area contributed by atoms with Gasteiger partial charge in [-0.1, -0.05) is 19.4 Å². The summed E-state index contributed by atoms with van der Waals surface area (Å²) >= 11 is 0. The maximum atomic E-state index is 9.25. The van der Waals surface area contributed by atoms with Gasteiger partial charge >= 0.3 is 0 Å².